The minimum Gasteiger partial charge on any atom is -0.356 e. The van der Waals surface area contributed by atoms with Crippen LogP contribution >= 0.6 is 0 Å². The predicted octanol–water partition coefficient (Wildman–Crippen LogP) is 2.48. The molecule has 7 nitrogen and oxygen atoms in total. The minimum absolute atomic E-state index is 0.0437. The van der Waals surface area contributed by atoms with Crippen LogP contribution in [-0.4, -0.2) is 48.8 Å². The molecule has 2 fully saturated rings. The van der Waals surface area contributed by atoms with Crippen molar-refractivity contribution in [3.8, 4) is 6.07 Å². The summed E-state index contributed by atoms with van der Waals surface area (Å²) in [4.78, 5) is 41.1. The summed E-state index contributed by atoms with van der Waals surface area (Å²) in [6.07, 6.45) is 4.43. The first kappa shape index (κ1) is 21.8. The van der Waals surface area contributed by atoms with Crippen LogP contribution in [0.25, 0.3) is 0 Å². The molecule has 1 saturated carbocycles. The first-order chi connectivity index (χ1) is 14.6. The third kappa shape index (κ3) is 6.31. The molecule has 1 unspecified atom stereocenters. The van der Waals surface area contributed by atoms with Crippen LogP contribution < -0.4 is 10.2 Å². The number of nitrogens with one attached hydrogen (secondary N) is 1. The van der Waals surface area contributed by atoms with Crippen LogP contribution in [0, 0.1) is 23.2 Å². The molecule has 0 bridgehead atoms. The molecule has 1 aliphatic heterocycles. The fourth-order valence-corrected chi connectivity index (χ4v) is 3.80. The number of rotatable bonds is 9. The van der Waals surface area contributed by atoms with E-state index in [2.05, 4.69) is 11.4 Å². The van der Waals surface area contributed by atoms with E-state index in [1.165, 1.54) is 12.8 Å². The molecule has 1 aromatic rings. The molecule has 1 aliphatic carbocycles. The summed E-state index contributed by atoms with van der Waals surface area (Å²) in [5.41, 5.74) is 0.732. The van der Waals surface area contributed by atoms with E-state index in [4.69, 9.17) is 5.26 Å². The number of carbonyl (C=O) groups excluding carboxylic acids is 3. The van der Waals surface area contributed by atoms with Gasteiger partial charge in [0.1, 0.15) is 0 Å². The Morgan fingerprint density at radius 1 is 1.13 bits per heavy atom. The number of hydrogen-bond donors (Lipinski definition) is 1. The van der Waals surface area contributed by atoms with Gasteiger partial charge in [-0.05, 0) is 43.7 Å². The lowest BCUT2D eigenvalue weighted by molar-refractivity contribution is -0.137. The van der Waals surface area contributed by atoms with Crippen molar-refractivity contribution in [2.45, 2.75) is 44.9 Å². The quantitative estimate of drug-likeness (QED) is 0.677. The lowest BCUT2D eigenvalue weighted by Crippen LogP contribution is -2.46. The van der Waals surface area contributed by atoms with Gasteiger partial charge in [0.25, 0.3) is 0 Å². The first-order valence-electron chi connectivity index (χ1n) is 10.9. The largest absolute Gasteiger partial charge is 0.356 e. The Balaban J connectivity index is 1.49. The number of piperidine rings is 1. The Hall–Kier alpha value is -2.88. The number of para-hydroxylation sites is 1. The number of amides is 3. The van der Waals surface area contributed by atoms with Crippen molar-refractivity contribution in [1.82, 2.24) is 10.2 Å². The van der Waals surface area contributed by atoms with E-state index in [0.717, 1.165) is 25.1 Å². The maximum absolute atomic E-state index is 12.7. The van der Waals surface area contributed by atoms with Crippen LogP contribution in [0.5, 0.6) is 0 Å². The smallest absolute Gasteiger partial charge is 0.227 e. The van der Waals surface area contributed by atoms with Crippen LogP contribution in [0.2, 0.25) is 0 Å². The molecule has 1 N–H and O–H groups in total. The number of anilines is 1. The molecule has 160 valence electrons. The van der Waals surface area contributed by atoms with E-state index in [1.807, 2.05) is 30.3 Å². The maximum atomic E-state index is 12.7. The summed E-state index contributed by atoms with van der Waals surface area (Å²) in [5, 5.41) is 11.9. The van der Waals surface area contributed by atoms with Gasteiger partial charge in [-0.1, -0.05) is 18.2 Å². The molecule has 1 aromatic carbocycles. The van der Waals surface area contributed by atoms with Crippen LogP contribution in [0.1, 0.15) is 44.9 Å². The van der Waals surface area contributed by atoms with Gasteiger partial charge < -0.3 is 15.1 Å². The molecular weight excluding hydrogens is 380 g/mol. The number of likely N-dealkylation sites (tertiary alicyclic amines) is 1. The Labute approximate surface area is 178 Å². The summed E-state index contributed by atoms with van der Waals surface area (Å²) >= 11 is 0. The van der Waals surface area contributed by atoms with Gasteiger partial charge in [-0.3, -0.25) is 14.4 Å². The molecule has 3 amide bonds. The highest BCUT2D eigenvalue weighted by atomic mass is 16.2. The molecule has 0 radical (unpaired) electrons. The number of carbonyl (C=O) groups is 3. The predicted molar refractivity (Wildman–Crippen MR) is 113 cm³/mol. The fraction of sp³-hybridized carbons (Fsp3) is 0.565. The second kappa shape index (κ2) is 10.8. The molecule has 0 aromatic heterocycles. The van der Waals surface area contributed by atoms with Gasteiger partial charge >= 0.3 is 0 Å². The molecule has 0 spiro atoms. The minimum atomic E-state index is -0.166. The van der Waals surface area contributed by atoms with E-state index in [0.29, 0.717) is 25.6 Å². The summed E-state index contributed by atoms with van der Waals surface area (Å²) in [6.45, 7) is 2.12. The zero-order valence-electron chi connectivity index (χ0n) is 17.4. The van der Waals surface area contributed by atoms with E-state index in [-0.39, 0.29) is 42.9 Å². The zero-order valence-corrected chi connectivity index (χ0v) is 17.4. The molecule has 1 heterocycles. The summed E-state index contributed by atoms with van der Waals surface area (Å²) < 4.78 is 0. The monoisotopic (exact) mass is 410 g/mol. The van der Waals surface area contributed by atoms with Gasteiger partial charge in [0, 0.05) is 44.7 Å². The average molecular weight is 411 g/mol. The van der Waals surface area contributed by atoms with Crippen molar-refractivity contribution in [1.29, 1.82) is 5.26 Å². The fourth-order valence-electron chi connectivity index (χ4n) is 3.80. The Bertz CT molecular complexity index is 785. The van der Waals surface area contributed by atoms with Gasteiger partial charge in [-0.25, -0.2) is 0 Å². The summed E-state index contributed by atoms with van der Waals surface area (Å²) in [5.74, 6) is 0.266. The zero-order chi connectivity index (χ0) is 21.3. The molecule has 3 rings (SSSR count). The van der Waals surface area contributed by atoms with Crippen LogP contribution in [0.15, 0.2) is 30.3 Å². The molecule has 2 aliphatic rings. The molecule has 30 heavy (non-hydrogen) atoms. The molecular formula is C23H30N4O3. The van der Waals surface area contributed by atoms with Crippen LogP contribution in [0.4, 0.5) is 5.69 Å². The lowest BCUT2D eigenvalue weighted by Gasteiger charge is -2.32. The first-order valence-corrected chi connectivity index (χ1v) is 10.9. The number of benzene rings is 1. The number of nitrogens with zero attached hydrogens (tertiary/aromatic N) is 3. The lowest BCUT2D eigenvalue weighted by atomic mass is 9.96. The van der Waals surface area contributed by atoms with E-state index in [1.54, 1.807) is 9.80 Å². The van der Waals surface area contributed by atoms with Crippen molar-refractivity contribution in [2.24, 2.45) is 11.8 Å². The third-order valence-electron chi connectivity index (χ3n) is 5.78. The highest BCUT2D eigenvalue weighted by Gasteiger charge is 2.30. The number of nitriles is 1. The summed E-state index contributed by atoms with van der Waals surface area (Å²) in [6, 6.07) is 11.3. The van der Waals surface area contributed by atoms with Crippen molar-refractivity contribution < 1.29 is 14.4 Å². The van der Waals surface area contributed by atoms with Gasteiger partial charge in [-0.2, -0.15) is 5.26 Å². The van der Waals surface area contributed by atoms with Crippen molar-refractivity contribution in [3.05, 3.63) is 30.3 Å². The highest BCUT2D eigenvalue weighted by Crippen LogP contribution is 2.28. The topological polar surface area (TPSA) is 93.5 Å². The standard InChI is InChI=1S/C23H30N4O3/c24-13-5-15-27(20-7-2-1-3-8-20)22(29)12-11-21(28)26-14-4-6-19(17-26)23(30)25-16-18-9-10-18/h1-3,7-8,18-19H,4-6,9-12,14-17H2,(H,25,30). The summed E-state index contributed by atoms with van der Waals surface area (Å²) in [7, 11) is 0. The van der Waals surface area contributed by atoms with E-state index >= 15 is 0 Å². The van der Waals surface area contributed by atoms with Gasteiger partial charge in [0.15, 0.2) is 0 Å². The molecule has 7 heteroatoms. The Kier molecular flexibility index (Phi) is 7.83. The van der Waals surface area contributed by atoms with Gasteiger partial charge in [0.05, 0.1) is 18.4 Å². The average Bonchev–Trinajstić information content (AvgIpc) is 3.61. The highest BCUT2D eigenvalue weighted by molar-refractivity contribution is 5.95. The van der Waals surface area contributed by atoms with Gasteiger partial charge in [-0.15, -0.1) is 0 Å². The van der Waals surface area contributed by atoms with Crippen molar-refractivity contribution in [3.63, 3.8) is 0 Å². The maximum Gasteiger partial charge on any atom is 0.227 e. The molecule has 1 atom stereocenters. The normalized spacial score (nSPS) is 18.4. The van der Waals surface area contributed by atoms with E-state index < -0.39 is 0 Å². The van der Waals surface area contributed by atoms with Crippen LogP contribution in [0.3, 0.4) is 0 Å². The number of hydrogen-bond acceptors (Lipinski definition) is 4. The van der Waals surface area contributed by atoms with Crippen molar-refractivity contribution in [2.75, 3.05) is 31.1 Å². The SMILES string of the molecule is N#CCCN(C(=O)CCC(=O)N1CCCC(C(=O)NCC2CC2)C1)c1ccccc1. The van der Waals surface area contributed by atoms with Gasteiger partial charge in [0.2, 0.25) is 17.7 Å². The van der Waals surface area contributed by atoms with E-state index in [9.17, 15) is 14.4 Å². The Morgan fingerprint density at radius 3 is 2.60 bits per heavy atom. The Morgan fingerprint density at radius 2 is 1.90 bits per heavy atom. The van der Waals surface area contributed by atoms with Crippen molar-refractivity contribution >= 4 is 23.4 Å². The second-order valence-electron chi connectivity index (χ2n) is 8.16. The second-order valence-corrected chi connectivity index (χ2v) is 8.16. The molecule has 1 saturated heterocycles. The third-order valence-corrected chi connectivity index (χ3v) is 5.78. The van der Waals surface area contributed by atoms with Crippen LogP contribution in [-0.2, 0) is 14.4 Å².